The Morgan fingerprint density at radius 3 is 2.40 bits per heavy atom. The maximum absolute atomic E-state index is 12.7. The van der Waals surface area contributed by atoms with Crippen LogP contribution in [0.1, 0.15) is 32.6 Å². The molecular formula is C15H19NO3S. The molecule has 20 heavy (non-hydrogen) atoms. The van der Waals surface area contributed by atoms with Gasteiger partial charge in [-0.1, -0.05) is 19.8 Å². The van der Waals surface area contributed by atoms with E-state index in [2.05, 4.69) is 13.0 Å². The van der Waals surface area contributed by atoms with Crippen LogP contribution in [-0.2, 0) is 9.84 Å². The van der Waals surface area contributed by atoms with Gasteiger partial charge in [-0.25, -0.2) is 8.42 Å². The van der Waals surface area contributed by atoms with E-state index in [1.165, 1.54) is 19.2 Å². The molecule has 0 saturated heterocycles. The van der Waals surface area contributed by atoms with Gasteiger partial charge in [0, 0.05) is 0 Å². The number of ether oxygens (including phenoxy) is 1. The van der Waals surface area contributed by atoms with E-state index >= 15 is 0 Å². The lowest BCUT2D eigenvalue weighted by Gasteiger charge is -2.41. The lowest BCUT2D eigenvalue weighted by molar-refractivity contribution is 0.247. The first kappa shape index (κ1) is 14.9. The van der Waals surface area contributed by atoms with Crippen LogP contribution in [0.15, 0.2) is 29.2 Å². The second kappa shape index (κ2) is 5.45. The van der Waals surface area contributed by atoms with Crippen molar-refractivity contribution in [3.05, 3.63) is 24.3 Å². The molecule has 0 N–H and O–H groups in total. The van der Waals surface area contributed by atoms with E-state index in [1.54, 1.807) is 12.1 Å². The summed E-state index contributed by atoms with van der Waals surface area (Å²) in [6, 6.07) is 8.30. The van der Waals surface area contributed by atoms with Crippen LogP contribution in [0.25, 0.3) is 0 Å². The molecule has 0 unspecified atom stereocenters. The molecule has 4 nitrogen and oxygen atoms in total. The Kier molecular flexibility index (Phi) is 4.05. The predicted octanol–water partition coefficient (Wildman–Crippen LogP) is 2.94. The van der Waals surface area contributed by atoms with Crippen molar-refractivity contribution < 1.29 is 13.2 Å². The fraction of sp³-hybridized carbons (Fsp3) is 0.533. The van der Waals surface area contributed by atoms with Gasteiger partial charge in [0.05, 0.1) is 18.1 Å². The number of nitriles is 1. The second-order valence-electron chi connectivity index (χ2n) is 5.35. The van der Waals surface area contributed by atoms with E-state index in [0.29, 0.717) is 24.5 Å². The van der Waals surface area contributed by atoms with Gasteiger partial charge in [-0.2, -0.15) is 5.26 Å². The normalized spacial score (nSPS) is 25.6. The molecular weight excluding hydrogens is 274 g/mol. The van der Waals surface area contributed by atoms with Crippen LogP contribution in [0.5, 0.6) is 5.75 Å². The Morgan fingerprint density at radius 2 is 1.95 bits per heavy atom. The standard InChI is InChI=1S/C15H19NO3S/c1-3-4-12-9-15(10-12,11-16)20(17,18)14-7-5-13(19-2)6-8-14/h5-8,12H,3-4,9-10H2,1-2H3. The molecule has 1 aromatic rings. The first-order chi connectivity index (χ1) is 9.49. The van der Waals surface area contributed by atoms with E-state index < -0.39 is 14.6 Å². The summed E-state index contributed by atoms with van der Waals surface area (Å²) in [7, 11) is -2.08. The number of nitrogens with zero attached hydrogens (tertiary/aromatic N) is 1. The summed E-state index contributed by atoms with van der Waals surface area (Å²) in [5, 5.41) is 9.37. The molecule has 0 atom stereocenters. The number of benzene rings is 1. The Labute approximate surface area is 120 Å². The molecule has 0 amide bonds. The molecule has 0 heterocycles. The van der Waals surface area contributed by atoms with E-state index in [-0.39, 0.29) is 4.90 Å². The maximum atomic E-state index is 12.7. The first-order valence-corrected chi connectivity index (χ1v) is 8.27. The maximum Gasteiger partial charge on any atom is 0.197 e. The van der Waals surface area contributed by atoms with Crippen molar-refractivity contribution in [2.24, 2.45) is 5.92 Å². The van der Waals surface area contributed by atoms with Gasteiger partial charge >= 0.3 is 0 Å². The fourth-order valence-electron chi connectivity index (χ4n) is 2.84. The average molecular weight is 293 g/mol. The highest BCUT2D eigenvalue weighted by Gasteiger charge is 2.54. The van der Waals surface area contributed by atoms with Crippen molar-refractivity contribution in [1.29, 1.82) is 5.26 Å². The number of rotatable bonds is 5. The Balaban J connectivity index is 2.27. The fourth-order valence-corrected chi connectivity index (χ4v) is 4.81. The zero-order valence-electron chi connectivity index (χ0n) is 11.8. The average Bonchev–Trinajstić information content (AvgIpc) is 2.42. The highest BCUT2D eigenvalue weighted by molar-refractivity contribution is 7.93. The zero-order chi connectivity index (χ0) is 14.8. The molecule has 5 heteroatoms. The minimum atomic E-state index is -3.61. The molecule has 0 radical (unpaired) electrons. The molecule has 1 aliphatic rings. The van der Waals surface area contributed by atoms with Crippen LogP contribution >= 0.6 is 0 Å². The minimum Gasteiger partial charge on any atom is -0.497 e. The number of hydrogen-bond donors (Lipinski definition) is 0. The summed E-state index contributed by atoms with van der Waals surface area (Å²) in [4.78, 5) is 0.204. The van der Waals surface area contributed by atoms with Gasteiger partial charge in [-0.3, -0.25) is 0 Å². The van der Waals surface area contributed by atoms with Crippen molar-refractivity contribution in [2.75, 3.05) is 7.11 Å². The van der Waals surface area contributed by atoms with E-state index in [1.807, 2.05) is 0 Å². The molecule has 0 aromatic heterocycles. The number of hydrogen-bond acceptors (Lipinski definition) is 4. The summed E-state index contributed by atoms with van der Waals surface area (Å²) >= 11 is 0. The molecule has 1 saturated carbocycles. The van der Waals surface area contributed by atoms with Gasteiger partial charge in [0.1, 0.15) is 5.75 Å². The second-order valence-corrected chi connectivity index (χ2v) is 7.61. The van der Waals surface area contributed by atoms with Crippen LogP contribution in [-0.4, -0.2) is 20.3 Å². The largest absolute Gasteiger partial charge is 0.497 e. The molecule has 0 aliphatic heterocycles. The smallest absolute Gasteiger partial charge is 0.197 e. The third kappa shape index (κ3) is 2.29. The van der Waals surface area contributed by atoms with Crippen LogP contribution in [0, 0.1) is 17.2 Å². The third-order valence-electron chi connectivity index (χ3n) is 4.02. The van der Waals surface area contributed by atoms with Crippen molar-refractivity contribution in [1.82, 2.24) is 0 Å². The van der Waals surface area contributed by atoms with Gasteiger partial charge in [0.2, 0.25) is 0 Å². The quantitative estimate of drug-likeness (QED) is 0.837. The summed E-state index contributed by atoms with van der Waals surface area (Å²) in [5.74, 6) is 0.958. The lowest BCUT2D eigenvalue weighted by atomic mass is 9.73. The van der Waals surface area contributed by atoms with Gasteiger partial charge in [0.25, 0.3) is 0 Å². The van der Waals surface area contributed by atoms with Crippen molar-refractivity contribution in [2.45, 2.75) is 42.2 Å². The topological polar surface area (TPSA) is 67.2 Å². The molecule has 1 fully saturated rings. The molecule has 0 bridgehead atoms. The van der Waals surface area contributed by atoms with E-state index in [9.17, 15) is 13.7 Å². The molecule has 1 aromatic carbocycles. The van der Waals surface area contributed by atoms with Crippen LogP contribution < -0.4 is 4.74 Å². The summed E-state index contributed by atoms with van der Waals surface area (Å²) in [6.45, 7) is 2.07. The summed E-state index contributed by atoms with van der Waals surface area (Å²) in [5.41, 5.74) is 0. The zero-order valence-corrected chi connectivity index (χ0v) is 12.6. The highest BCUT2D eigenvalue weighted by atomic mass is 32.2. The van der Waals surface area contributed by atoms with Gasteiger partial charge in [0.15, 0.2) is 14.6 Å². The van der Waals surface area contributed by atoms with Crippen molar-refractivity contribution >= 4 is 9.84 Å². The molecule has 2 rings (SSSR count). The van der Waals surface area contributed by atoms with Gasteiger partial charge < -0.3 is 4.74 Å². The number of sulfone groups is 1. The van der Waals surface area contributed by atoms with Crippen LogP contribution in [0.3, 0.4) is 0 Å². The SMILES string of the molecule is CCCC1CC(C#N)(S(=O)(=O)c2ccc(OC)cc2)C1. The van der Waals surface area contributed by atoms with E-state index in [0.717, 1.165) is 12.8 Å². The third-order valence-corrected chi connectivity index (χ3v) is 6.37. The molecule has 0 spiro atoms. The summed E-state index contributed by atoms with van der Waals surface area (Å²) in [6.07, 6.45) is 2.91. The summed E-state index contributed by atoms with van der Waals surface area (Å²) < 4.78 is 29.1. The lowest BCUT2D eigenvalue weighted by Crippen LogP contribution is -2.49. The van der Waals surface area contributed by atoms with Crippen molar-refractivity contribution in [3.63, 3.8) is 0 Å². The Hall–Kier alpha value is -1.54. The highest BCUT2D eigenvalue weighted by Crippen LogP contribution is 2.48. The molecule has 1 aliphatic carbocycles. The van der Waals surface area contributed by atoms with Crippen molar-refractivity contribution in [3.8, 4) is 11.8 Å². The van der Waals surface area contributed by atoms with Crippen LogP contribution in [0.2, 0.25) is 0 Å². The van der Waals surface area contributed by atoms with Gasteiger partial charge in [-0.05, 0) is 43.0 Å². The monoisotopic (exact) mass is 293 g/mol. The predicted molar refractivity (Wildman–Crippen MR) is 76.2 cm³/mol. The Bertz CT molecular complexity index is 608. The number of methoxy groups -OCH3 is 1. The van der Waals surface area contributed by atoms with E-state index in [4.69, 9.17) is 4.74 Å². The minimum absolute atomic E-state index is 0.204. The Morgan fingerprint density at radius 1 is 1.35 bits per heavy atom. The van der Waals surface area contributed by atoms with Crippen LogP contribution in [0.4, 0.5) is 0 Å². The first-order valence-electron chi connectivity index (χ1n) is 6.79. The van der Waals surface area contributed by atoms with Gasteiger partial charge in [-0.15, -0.1) is 0 Å². The molecule has 108 valence electrons.